The predicted octanol–water partition coefficient (Wildman–Crippen LogP) is 7.63. The van der Waals surface area contributed by atoms with E-state index in [4.69, 9.17) is 29.4 Å². The Kier molecular flexibility index (Phi) is 26.9. The Hall–Kier alpha value is -0.540. The minimum Gasteiger partial charge on any atom is -0.481 e. The highest BCUT2D eigenvalue weighted by Crippen LogP contribution is 2.43. The molecule has 9 nitrogen and oxygen atoms in total. The van der Waals surface area contributed by atoms with Crippen molar-refractivity contribution in [2.75, 3.05) is 33.0 Å². The molecule has 0 heterocycles. The number of phosphoric ester groups is 1. The Bertz CT molecular complexity index is 625. The second-order valence-electron chi connectivity index (χ2n) is 11.0. The molecule has 0 aliphatic carbocycles. The summed E-state index contributed by atoms with van der Waals surface area (Å²) in [7, 11) is -4.24. The summed E-state index contributed by atoms with van der Waals surface area (Å²) in [5.41, 5.74) is 5.36. The molecular weight excluding hydrogens is 533 g/mol. The fraction of sp³-hybridized carbons (Fsp3) is 0.967. The Labute approximate surface area is 244 Å². The zero-order chi connectivity index (χ0) is 29.9. The number of carbonyl (C=O) groups is 1. The van der Waals surface area contributed by atoms with Gasteiger partial charge in [-0.1, -0.05) is 104 Å². The van der Waals surface area contributed by atoms with E-state index < -0.39 is 19.9 Å². The van der Waals surface area contributed by atoms with Gasteiger partial charge in [-0.05, 0) is 31.6 Å². The van der Waals surface area contributed by atoms with Crippen LogP contribution in [0.3, 0.4) is 0 Å². The molecule has 0 amide bonds. The van der Waals surface area contributed by atoms with Crippen molar-refractivity contribution in [1.82, 2.24) is 0 Å². The molecule has 0 aromatic heterocycles. The molecule has 0 aliphatic rings. The highest BCUT2D eigenvalue weighted by molar-refractivity contribution is 7.47. The molecule has 40 heavy (non-hydrogen) atoms. The number of ether oxygens (including phenoxy) is 2. The normalized spacial score (nSPS) is 15.5. The molecule has 0 spiro atoms. The van der Waals surface area contributed by atoms with Gasteiger partial charge in [-0.3, -0.25) is 13.8 Å². The van der Waals surface area contributed by atoms with Gasteiger partial charge >= 0.3 is 13.8 Å². The lowest BCUT2D eigenvalue weighted by molar-refractivity contribution is -0.137. The van der Waals surface area contributed by atoms with E-state index in [1.165, 1.54) is 77.0 Å². The molecule has 0 rings (SSSR count). The van der Waals surface area contributed by atoms with Crippen LogP contribution in [0.15, 0.2) is 0 Å². The molecule has 0 aliphatic heterocycles. The molecule has 0 bridgehead atoms. The third-order valence-corrected chi connectivity index (χ3v) is 8.15. The van der Waals surface area contributed by atoms with E-state index >= 15 is 0 Å². The number of rotatable bonds is 31. The van der Waals surface area contributed by atoms with Crippen molar-refractivity contribution >= 4 is 13.8 Å². The van der Waals surface area contributed by atoms with E-state index in [1.807, 2.05) is 0 Å². The number of hydrogen-bond donors (Lipinski definition) is 3. The molecule has 0 radical (unpaired) electrons. The fourth-order valence-electron chi connectivity index (χ4n) is 4.65. The number of aliphatic carboxylic acids is 1. The van der Waals surface area contributed by atoms with Crippen LogP contribution in [0.2, 0.25) is 0 Å². The summed E-state index contributed by atoms with van der Waals surface area (Å²) in [6.45, 7) is 7.14. The van der Waals surface area contributed by atoms with E-state index in [2.05, 4.69) is 20.8 Å². The van der Waals surface area contributed by atoms with Crippen LogP contribution in [0.1, 0.15) is 136 Å². The molecule has 0 fully saturated rings. The summed E-state index contributed by atoms with van der Waals surface area (Å²) in [4.78, 5) is 20.7. The molecule has 4 N–H and O–H groups in total. The second-order valence-corrected chi connectivity index (χ2v) is 12.5. The standard InChI is InChI=1S/C30H62NO8P/c1-4-6-8-10-11-12-13-14-16-20-29(27(3)19-15-9-7-5-2)37-25-28(36-23-18-17-21-30(32)33)26-39-40(34,35)38-24-22-31/h27-29H,4-26,31H2,1-3H3,(H,32,33)(H,34,35)/t27?,28-,29-/m1/s1. The first-order valence-electron chi connectivity index (χ1n) is 16.0. The zero-order valence-corrected chi connectivity index (χ0v) is 26.8. The second kappa shape index (κ2) is 27.3. The summed E-state index contributed by atoms with van der Waals surface area (Å²) in [6.07, 6.45) is 19.1. The van der Waals surface area contributed by atoms with Gasteiger partial charge in [-0.15, -0.1) is 0 Å². The van der Waals surface area contributed by atoms with Crippen LogP contribution in [0, 0.1) is 5.92 Å². The molecule has 10 heteroatoms. The van der Waals surface area contributed by atoms with Gasteiger partial charge < -0.3 is 25.2 Å². The SMILES string of the molecule is CCCCCCCCCCC[C@@H](OC[C@H](COP(=O)(O)OCCN)OCCCCC(=O)O)C(C)CCCCCC. The van der Waals surface area contributed by atoms with Gasteiger partial charge in [-0.2, -0.15) is 0 Å². The van der Waals surface area contributed by atoms with Crippen LogP contribution in [0.5, 0.6) is 0 Å². The monoisotopic (exact) mass is 595 g/mol. The highest BCUT2D eigenvalue weighted by Gasteiger charge is 2.25. The first-order valence-corrected chi connectivity index (χ1v) is 17.5. The van der Waals surface area contributed by atoms with Gasteiger partial charge in [0, 0.05) is 19.6 Å². The van der Waals surface area contributed by atoms with Crippen molar-refractivity contribution in [2.45, 2.75) is 149 Å². The maximum atomic E-state index is 12.1. The van der Waals surface area contributed by atoms with E-state index in [1.54, 1.807) is 0 Å². The van der Waals surface area contributed by atoms with Crippen molar-refractivity contribution in [2.24, 2.45) is 11.7 Å². The summed E-state index contributed by atoms with van der Waals surface area (Å²) in [5, 5.41) is 8.86. The predicted molar refractivity (Wildman–Crippen MR) is 162 cm³/mol. The summed E-state index contributed by atoms with van der Waals surface area (Å²) in [6, 6.07) is 0. The molecule has 0 aromatic carbocycles. The lowest BCUT2D eigenvalue weighted by atomic mass is 9.93. The number of hydrogen-bond acceptors (Lipinski definition) is 7. The van der Waals surface area contributed by atoms with Gasteiger partial charge in [0.05, 0.1) is 25.9 Å². The van der Waals surface area contributed by atoms with E-state index in [-0.39, 0.29) is 38.9 Å². The third kappa shape index (κ3) is 25.2. The van der Waals surface area contributed by atoms with Gasteiger partial charge in [-0.25, -0.2) is 4.57 Å². The van der Waals surface area contributed by atoms with Crippen molar-refractivity contribution in [1.29, 1.82) is 0 Å². The Balaban J connectivity index is 4.91. The number of nitrogens with two attached hydrogens (primary N) is 1. The average molecular weight is 596 g/mol. The van der Waals surface area contributed by atoms with Crippen LogP contribution < -0.4 is 5.73 Å². The summed E-state index contributed by atoms with van der Waals surface area (Å²) >= 11 is 0. The summed E-state index contributed by atoms with van der Waals surface area (Å²) in [5.74, 6) is -0.436. The number of unbranched alkanes of at least 4 members (excludes halogenated alkanes) is 12. The van der Waals surface area contributed by atoms with Gasteiger partial charge in [0.15, 0.2) is 0 Å². The maximum absolute atomic E-state index is 12.1. The number of carboxylic acid groups (broad SMARTS) is 1. The molecule has 0 aromatic rings. The van der Waals surface area contributed by atoms with Crippen molar-refractivity contribution in [3.05, 3.63) is 0 Å². The molecular formula is C30H62NO8P. The van der Waals surface area contributed by atoms with Gasteiger partial charge in [0.25, 0.3) is 0 Å². The number of carboxylic acids is 1. The van der Waals surface area contributed by atoms with Crippen LogP contribution >= 0.6 is 7.82 Å². The lowest BCUT2D eigenvalue weighted by Gasteiger charge is -2.27. The topological polar surface area (TPSA) is 138 Å². The third-order valence-electron chi connectivity index (χ3n) is 7.17. The lowest BCUT2D eigenvalue weighted by Crippen LogP contribution is -2.31. The smallest absolute Gasteiger partial charge is 0.472 e. The molecule has 0 saturated heterocycles. The van der Waals surface area contributed by atoms with Crippen LogP contribution in [-0.2, 0) is 27.9 Å². The molecule has 2 unspecified atom stereocenters. The van der Waals surface area contributed by atoms with E-state index in [9.17, 15) is 14.3 Å². The number of phosphoric acid groups is 1. The minimum atomic E-state index is -4.24. The highest BCUT2D eigenvalue weighted by atomic mass is 31.2. The molecule has 240 valence electrons. The first-order chi connectivity index (χ1) is 19.3. The zero-order valence-electron chi connectivity index (χ0n) is 25.9. The van der Waals surface area contributed by atoms with Crippen LogP contribution in [-0.4, -0.2) is 61.1 Å². The molecule has 4 atom stereocenters. The maximum Gasteiger partial charge on any atom is 0.472 e. The van der Waals surface area contributed by atoms with Crippen LogP contribution in [0.25, 0.3) is 0 Å². The summed E-state index contributed by atoms with van der Waals surface area (Å²) < 4.78 is 34.5. The molecule has 0 saturated carbocycles. The van der Waals surface area contributed by atoms with Crippen molar-refractivity contribution in [3.63, 3.8) is 0 Å². The van der Waals surface area contributed by atoms with Crippen LogP contribution in [0.4, 0.5) is 0 Å². The minimum absolute atomic E-state index is 0.0795. The quantitative estimate of drug-likeness (QED) is 0.0545. The van der Waals surface area contributed by atoms with Crippen molar-refractivity contribution < 1.29 is 37.9 Å². The Morgan fingerprint density at radius 3 is 1.93 bits per heavy atom. The van der Waals surface area contributed by atoms with Crippen molar-refractivity contribution in [3.8, 4) is 0 Å². The van der Waals surface area contributed by atoms with Gasteiger partial charge in [0.2, 0.25) is 0 Å². The van der Waals surface area contributed by atoms with Gasteiger partial charge in [0.1, 0.15) is 6.10 Å². The van der Waals surface area contributed by atoms with E-state index in [0.29, 0.717) is 25.4 Å². The largest absolute Gasteiger partial charge is 0.481 e. The Morgan fingerprint density at radius 1 is 0.750 bits per heavy atom. The first kappa shape index (κ1) is 39.5. The fourth-order valence-corrected chi connectivity index (χ4v) is 5.42. The average Bonchev–Trinajstić information content (AvgIpc) is 2.92. The Morgan fingerprint density at radius 2 is 1.32 bits per heavy atom. The van der Waals surface area contributed by atoms with E-state index in [0.717, 1.165) is 19.3 Å².